The largest absolute Gasteiger partial charge is 0.454 e. The Bertz CT molecular complexity index is 972. The molecule has 0 saturated heterocycles. The van der Waals surface area contributed by atoms with Crippen molar-refractivity contribution in [3.8, 4) is 6.07 Å². The van der Waals surface area contributed by atoms with Crippen molar-refractivity contribution in [2.45, 2.75) is 31.7 Å². The molecule has 0 aliphatic heterocycles. The van der Waals surface area contributed by atoms with Crippen molar-refractivity contribution in [3.63, 3.8) is 0 Å². The molecule has 0 bridgehead atoms. The summed E-state index contributed by atoms with van der Waals surface area (Å²) in [6.07, 6.45) is 1.93. The van der Waals surface area contributed by atoms with Gasteiger partial charge in [-0.25, -0.2) is 0 Å². The molecular formula is C22H23N3O4. The van der Waals surface area contributed by atoms with Crippen LogP contribution in [0.2, 0.25) is 0 Å². The topological polar surface area (TPSA) is 108 Å². The van der Waals surface area contributed by atoms with Gasteiger partial charge in [-0.05, 0) is 42.0 Å². The number of hydrogen-bond acceptors (Lipinski definition) is 5. The molecule has 2 aromatic rings. The molecule has 0 unspecified atom stereocenters. The third-order valence-electron chi connectivity index (χ3n) is 5.05. The number of esters is 1. The zero-order valence-electron chi connectivity index (χ0n) is 16.2. The van der Waals surface area contributed by atoms with Crippen molar-refractivity contribution in [3.05, 3.63) is 48.0 Å². The van der Waals surface area contributed by atoms with E-state index in [1.54, 1.807) is 6.92 Å². The standard InChI is InChI=1S/C22H23N3O4/c1-22(14-23,17-9-10-17)25-20(27)13-29-21(28)12-24-19(26)11-16-7-4-6-15-5-2-3-8-18(15)16/h2-8,17H,9-13H2,1H3,(H,24,26)(H,25,27)/t22-/m0/s1. The van der Waals surface area contributed by atoms with Gasteiger partial charge in [0.15, 0.2) is 6.61 Å². The second-order valence-corrected chi connectivity index (χ2v) is 7.39. The Balaban J connectivity index is 1.42. The summed E-state index contributed by atoms with van der Waals surface area (Å²) in [6.45, 7) is 0.856. The molecule has 1 aliphatic carbocycles. The van der Waals surface area contributed by atoms with E-state index in [1.807, 2.05) is 42.5 Å². The summed E-state index contributed by atoms with van der Waals surface area (Å²) in [5.74, 6) is -1.41. The maximum absolute atomic E-state index is 12.2. The highest BCUT2D eigenvalue weighted by atomic mass is 16.5. The minimum Gasteiger partial charge on any atom is -0.454 e. The van der Waals surface area contributed by atoms with E-state index in [9.17, 15) is 19.6 Å². The molecule has 0 spiro atoms. The molecule has 2 N–H and O–H groups in total. The highest BCUT2D eigenvalue weighted by molar-refractivity contribution is 5.91. The van der Waals surface area contributed by atoms with Gasteiger partial charge in [0.25, 0.3) is 5.91 Å². The van der Waals surface area contributed by atoms with Crippen LogP contribution in [-0.2, 0) is 25.5 Å². The molecule has 0 aromatic heterocycles. The first-order valence-corrected chi connectivity index (χ1v) is 9.52. The number of nitrogens with zero attached hydrogens (tertiary/aromatic N) is 1. The van der Waals surface area contributed by atoms with Gasteiger partial charge in [-0.3, -0.25) is 14.4 Å². The van der Waals surface area contributed by atoms with Crippen LogP contribution in [0.5, 0.6) is 0 Å². The second kappa shape index (κ2) is 8.74. The summed E-state index contributed by atoms with van der Waals surface area (Å²) in [7, 11) is 0. The predicted octanol–water partition coefficient (Wildman–Crippen LogP) is 1.85. The lowest BCUT2D eigenvalue weighted by molar-refractivity contribution is -0.148. The molecule has 150 valence electrons. The van der Waals surface area contributed by atoms with Gasteiger partial charge in [0.2, 0.25) is 5.91 Å². The molecule has 1 atom stereocenters. The lowest BCUT2D eigenvalue weighted by Gasteiger charge is -2.22. The van der Waals surface area contributed by atoms with Crippen molar-refractivity contribution in [2.75, 3.05) is 13.2 Å². The van der Waals surface area contributed by atoms with E-state index in [0.717, 1.165) is 29.2 Å². The number of amides is 2. The highest BCUT2D eigenvalue weighted by Gasteiger charge is 2.43. The van der Waals surface area contributed by atoms with Crippen LogP contribution in [0.3, 0.4) is 0 Å². The number of rotatable bonds is 8. The third kappa shape index (κ3) is 5.32. The number of fused-ring (bicyclic) bond motifs is 1. The van der Waals surface area contributed by atoms with Crippen LogP contribution >= 0.6 is 0 Å². The highest BCUT2D eigenvalue weighted by Crippen LogP contribution is 2.39. The van der Waals surface area contributed by atoms with Crippen molar-refractivity contribution in [1.29, 1.82) is 5.26 Å². The molecule has 3 rings (SSSR count). The Morgan fingerprint density at radius 3 is 2.59 bits per heavy atom. The van der Waals surface area contributed by atoms with Gasteiger partial charge in [-0.15, -0.1) is 0 Å². The molecular weight excluding hydrogens is 370 g/mol. The minimum atomic E-state index is -0.934. The molecule has 0 radical (unpaired) electrons. The fourth-order valence-corrected chi connectivity index (χ4v) is 3.26. The third-order valence-corrected chi connectivity index (χ3v) is 5.05. The number of hydrogen-bond donors (Lipinski definition) is 2. The fourth-order valence-electron chi connectivity index (χ4n) is 3.26. The summed E-state index contributed by atoms with van der Waals surface area (Å²) >= 11 is 0. The normalized spacial score (nSPS) is 15.0. The Morgan fingerprint density at radius 1 is 1.14 bits per heavy atom. The first kappa shape index (κ1) is 20.3. The molecule has 2 amide bonds. The first-order chi connectivity index (χ1) is 13.9. The van der Waals surface area contributed by atoms with Crippen LogP contribution in [0.4, 0.5) is 0 Å². The van der Waals surface area contributed by atoms with Gasteiger partial charge in [0, 0.05) is 0 Å². The van der Waals surface area contributed by atoms with Crippen molar-refractivity contribution in [1.82, 2.24) is 10.6 Å². The molecule has 0 heterocycles. The zero-order chi connectivity index (χ0) is 20.9. The SMILES string of the molecule is C[C@@](C#N)(NC(=O)COC(=O)CNC(=O)Cc1cccc2ccccc12)C1CC1. The average Bonchev–Trinajstić information content (AvgIpc) is 3.57. The Morgan fingerprint density at radius 2 is 1.86 bits per heavy atom. The molecule has 1 aliphatic rings. The van der Waals surface area contributed by atoms with Crippen LogP contribution in [0.1, 0.15) is 25.3 Å². The number of carbonyl (C=O) groups is 3. The summed E-state index contributed by atoms with van der Waals surface area (Å²) in [6, 6.07) is 15.6. The summed E-state index contributed by atoms with van der Waals surface area (Å²) in [5.41, 5.74) is -0.0694. The van der Waals surface area contributed by atoms with E-state index in [0.29, 0.717) is 0 Å². The molecule has 1 saturated carbocycles. The lowest BCUT2D eigenvalue weighted by Crippen LogP contribution is -2.48. The van der Waals surface area contributed by atoms with E-state index in [-0.39, 0.29) is 24.8 Å². The summed E-state index contributed by atoms with van der Waals surface area (Å²) < 4.78 is 4.89. The lowest BCUT2D eigenvalue weighted by atomic mass is 9.98. The van der Waals surface area contributed by atoms with E-state index in [1.165, 1.54) is 0 Å². The van der Waals surface area contributed by atoms with Crippen molar-refractivity contribution in [2.24, 2.45) is 5.92 Å². The second-order valence-electron chi connectivity index (χ2n) is 7.39. The summed E-state index contributed by atoms with van der Waals surface area (Å²) in [4.78, 5) is 35.9. The number of ether oxygens (including phenoxy) is 1. The first-order valence-electron chi connectivity index (χ1n) is 9.52. The van der Waals surface area contributed by atoms with Crippen LogP contribution in [0.25, 0.3) is 10.8 Å². The van der Waals surface area contributed by atoms with E-state index >= 15 is 0 Å². The fraction of sp³-hybridized carbons (Fsp3) is 0.364. The van der Waals surface area contributed by atoms with E-state index in [4.69, 9.17) is 4.74 Å². The van der Waals surface area contributed by atoms with Gasteiger partial charge in [-0.1, -0.05) is 42.5 Å². The number of carbonyl (C=O) groups excluding carboxylic acids is 3. The van der Waals surface area contributed by atoms with Gasteiger partial charge >= 0.3 is 5.97 Å². The maximum atomic E-state index is 12.2. The van der Waals surface area contributed by atoms with Crippen molar-refractivity contribution < 1.29 is 19.1 Å². The monoisotopic (exact) mass is 393 g/mol. The minimum absolute atomic E-state index is 0.136. The molecule has 2 aromatic carbocycles. The number of nitriles is 1. The Kier molecular flexibility index (Phi) is 6.13. The van der Waals surface area contributed by atoms with Crippen LogP contribution in [0, 0.1) is 17.2 Å². The van der Waals surface area contributed by atoms with Crippen LogP contribution in [0.15, 0.2) is 42.5 Å². The Hall–Kier alpha value is -3.40. The van der Waals surface area contributed by atoms with Crippen LogP contribution in [-0.4, -0.2) is 36.5 Å². The van der Waals surface area contributed by atoms with Crippen molar-refractivity contribution >= 4 is 28.6 Å². The van der Waals surface area contributed by atoms with E-state index in [2.05, 4.69) is 16.7 Å². The van der Waals surface area contributed by atoms with Gasteiger partial charge in [0.1, 0.15) is 12.1 Å². The smallest absolute Gasteiger partial charge is 0.325 e. The van der Waals surface area contributed by atoms with Gasteiger partial charge in [-0.2, -0.15) is 5.26 Å². The van der Waals surface area contributed by atoms with Gasteiger partial charge in [0.05, 0.1) is 12.5 Å². The number of nitrogens with one attached hydrogen (secondary N) is 2. The molecule has 29 heavy (non-hydrogen) atoms. The predicted molar refractivity (Wildman–Crippen MR) is 107 cm³/mol. The van der Waals surface area contributed by atoms with E-state index < -0.39 is 24.0 Å². The Labute approximate surface area is 169 Å². The molecule has 1 fully saturated rings. The van der Waals surface area contributed by atoms with Crippen LogP contribution < -0.4 is 10.6 Å². The number of benzene rings is 2. The van der Waals surface area contributed by atoms with Gasteiger partial charge < -0.3 is 15.4 Å². The maximum Gasteiger partial charge on any atom is 0.325 e. The quantitative estimate of drug-likeness (QED) is 0.666. The average molecular weight is 393 g/mol. The molecule has 7 nitrogen and oxygen atoms in total. The zero-order valence-corrected chi connectivity index (χ0v) is 16.2. The summed E-state index contributed by atoms with van der Waals surface area (Å²) in [5, 5.41) is 16.4. The molecule has 7 heteroatoms.